The summed E-state index contributed by atoms with van der Waals surface area (Å²) >= 11 is 1.60. The fourth-order valence-corrected chi connectivity index (χ4v) is 6.52. The van der Waals surface area contributed by atoms with Gasteiger partial charge in [-0.15, -0.1) is 0 Å². The Hall–Kier alpha value is -4.12. The first-order valence-corrected chi connectivity index (χ1v) is 16.1. The molecular weight excluding hydrogens is 574 g/mol. The first-order chi connectivity index (χ1) is 21.7. The molecule has 9 nitrogen and oxygen atoms in total. The van der Waals surface area contributed by atoms with E-state index < -0.39 is 0 Å². The lowest BCUT2D eigenvalue weighted by atomic mass is 10.1. The molecule has 0 aliphatic carbocycles. The minimum absolute atomic E-state index is 0.0578. The average molecular weight is 610 g/mol. The van der Waals surface area contributed by atoms with Gasteiger partial charge in [-0.05, 0) is 35.4 Å². The summed E-state index contributed by atoms with van der Waals surface area (Å²) in [5.41, 5.74) is 4.99. The molecule has 4 heterocycles. The zero-order valence-corrected chi connectivity index (χ0v) is 25.4. The van der Waals surface area contributed by atoms with Crippen LogP contribution in [0.2, 0.25) is 0 Å². The largest absolute Gasteiger partial charge is 0.454 e. The van der Waals surface area contributed by atoms with E-state index in [-0.39, 0.29) is 5.91 Å². The Morgan fingerprint density at radius 2 is 1.59 bits per heavy atom. The van der Waals surface area contributed by atoms with Crippen LogP contribution in [0.15, 0.2) is 84.0 Å². The van der Waals surface area contributed by atoms with Gasteiger partial charge in [0.05, 0.1) is 18.9 Å². The van der Waals surface area contributed by atoms with Gasteiger partial charge in [-0.3, -0.25) is 9.69 Å². The Morgan fingerprint density at radius 3 is 2.43 bits per heavy atom. The van der Waals surface area contributed by atoms with Crippen LogP contribution >= 0.6 is 11.8 Å². The molecule has 1 aromatic heterocycles. The van der Waals surface area contributed by atoms with Crippen molar-refractivity contribution in [3.63, 3.8) is 0 Å². The third-order valence-electron chi connectivity index (χ3n) is 8.14. The second kappa shape index (κ2) is 13.3. The summed E-state index contributed by atoms with van der Waals surface area (Å²) < 4.78 is 16.4. The number of piperazine rings is 1. The average Bonchev–Trinajstić information content (AvgIpc) is 3.56. The lowest BCUT2D eigenvalue weighted by molar-refractivity contribution is 0.0303. The van der Waals surface area contributed by atoms with Gasteiger partial charge in [0.1, 0.15) is 5.82 Å². The summed E-state index contributed by atoms with van der Waals surface area (Å²) in [5, 5.41) is 0.731. The molecule has 3 aliphatic rings. The quantitative estimate of drug-likeness (QED) is 0.204. The van der Waals surface area contributed by atoms with E-state index in [4.69, 9.17) is 24.2 Å². The number of amides is 1. The van der Waals surface area contributed by atoms with Crippen LogP contribution in [-0.4, -0.2) is 85.0 Å². The monoisotopic (exact) mass is 609 g/mol. The molecule has 2 saturated heterocycles. The van der Waals surface area contributed by atoms with Crippen molar-refractivity contribution >= 4 is 23.5 Å². The van der Waals surface area contributed by atoms with Crippen LogP contribution in [0, 0.1) is 0 Å². The van der Waals surface area contributed by atoms with Crippen molar-refractivity contribution in [1.82, 2.24) is 19.8 Å². The number of morpholine rings is 1. The molecule has 2 fully saturated rings. The van der Waals surface area contributed by atoms with E-state index in [0.29, 0.717) is 44.4 Å². The number of nitrogens with zero attached hydrogens (tertiary/aromatic N) is 5. The van der Waals surface area contributed by atoms with Gasteiger partial charge in [-0.25, -0.2) is 9.97 Å². The van der Waals surface area contributed by atoms with E-state index in [2.05, 4.69) is 46.2 Å². The molecule has 4 aromatic rings. The molecule has 3 aromatic carbocycles. The van der Waals surface area contributed by atoms with E-state index >= 15 is 0 Å². The molecule has 0 atom stereocenters. The lowest BCUT2D eigenvalue weighted by Crippen LogP contribution is -2.46. The zero-order chi connectivity index (χ0) is 29.7. The number of hydrogen-bond donors (Lipinski definition) is 0. The Labute approximate surface area is 261 Å². The highest BCUT2D eigenvalue weighted by Crippen LogP contribution is 2.33. The molecule has 7 rings (SSSR count). The number of anilines is 1. The van der Waals surface area contributed by atoms with E-state index in [9.17, 15) is 4.79 Å². The first kappa shape index (κ1) is 28.6. The van der Waals surface area contributed by atoms with Crippen LogP contribution in [0.25, 0.3) is 11.3 Å². The Balaban J connectivity index is 1.04. The molecule has 0 bridgehead atoms. The number of ether oxygens (including phenoxy) is 3. The third kappa shape index (κ3) is 6.67. The van der Waals surface area contributed by atoms with Crippen LogP contribution in [0.5, 0.6) is 11.5 Å². The molecule has 226 valence electrons. The number of thioether (sulfide) groups is 1. The molecule has 3 aliphatic heterocycles. The van der Waals surface area contributed by atoms with Crippen molar-refractivity contribution in [2.75, 3.05) is 64.2 Å². The number of carbonyl (C=O) groups is 1. The predicted octanol–water partition coefficient (Wildman–Crippen LogP) is 4.96. The highest BCUT2D eigenvalue weighted by Gasteiger charge is 2.22. The van der Waals surface area contributed by atoms with Crippen molar-refractivity contribution < 1.29 is 19.0 Å². The molecule has 10 heteroatoms. The summed E-state index contributed by atoms with van der Waals surface area (Å²) in [6.45, 7) is 7.25. The summed E-state index contributed by atoms with van der Waals surface area (Å²) in [6.07, 6.45) is 0. The van der Waals surface area contributed by atoms with E-state index in [1.165, 1.54) is 5.56 Å². The van der Waals surface area contributed by atoms with Crippen LogP contribution < -0.4 is 14.4 Å². The third-order valence-corrected chi connectivity index (χ3v) is 9.06. The molecule has 0 N–H and O–H groups in total. The summed E-state index contributed by atoms with van der Waals surface area (Å²) in [7, 11) is 0. The minimum Gasteiger partial charge on any atom is -0.454 e. The van der Waals surface area contributed by atoms with Gasteiger partial charge in [-0.2, -0.15) is 0 Å². The van der Waals surface area contributed by atoms with Gasteiger partial charge >= 0.3 is 0 Å². The Morgan fingerprint density at radius 1 is 0.773 bits per heavy atom. The minimum atomic E-state index is 0.0578. The van der Waals surface area contributed by atoms with Gasteiger partial charge < -0.3 is 24.0 Å². The Kier molecular flexibility index (Phi) is 8.63. The van der Waals surface area contributed by atoms with Crippen LogP contribution in [-0.2, 0) is 17.0 Å². The standard InChI is InChI=1S/C34H35N5O4S/c40-33(39-15-17-41-18-16-39)28-8-4-5-26(19-28)23-44-34-35-29(27-6-2-1-3-7-27)21-32(36-34)38-13-11-37(12-14-38)22-25-9-10-30-31(20-25)43-24-42-30/h1-10,19-21H,11-18,22-24H2. The second-order valence-corrected chi connectivity index (χ2v) is 12.0. The van der Waals surface area contributed by atoms with Gasteiger partial charge in [0.15, 0.2) is 16.7 Å². The molecule has 0 saturated carbocycles. The van der Waals surface area contributed by atoms with Gasteiger partial charge in [-0.1, -0.05) is 60.3 Å². The topological polar surface area (TPSA) is 80.3 Å². The number of hydrogen-bond acceptors (Lipinski definition) is 9. The van der Waals surface area contributed by atoms with Crippen molar-refractivity contribution in [3.8, 4) is 22.8 Å². The maximum Gasteiger partial charge on any atom is 0.254 e. The zero-order valence-electron chi connectivity index (χ0n) is 24.6. The van der Waals surface area contributed by atoms with Crippen LogP contribution in [0.4, 0.5) is 5.82 Å². The SMILES string of the molecule is O=C(c1cccc(CSc2nc(-c3ccccc3)cc(N3CCN(Cc4ccc5c(c4)OCO5)CC3)n2)c1)N1CCOCC1. The summed E-state index contributed by atoms with van der Waals surface area (Å²) in [4.78, 5) is 29.7. The predicted molar refractivity (Wildman–Crippen MR) is 170 cm³/mol. The highest BCUT2D eigenvalue weighted by atomic mass is 32.2. The molecular formula is C34H35N5O4S. The Bertz CT molecular complexity index is 1610. The number of benzene rings is 3. The van der Waals surface area contributed by atoms with Crippen molar-refractivity contribution in [2.24, 2.45) is 0 Å². The fraction of sp³-hybridized carbons (Fsp3) is 0.324. The van der Waals surface area contributed by atoms with E-state index in [1.54, 1.807) is 11.8 Å². The van der Waals surface area contributed by atoms with Crippen molar-refractivity contribution in [3.05, 3.63) is 95.6 Å². The lowest BCUT2D eigenvalue weighted by Gasteiger charge is -2.35. The molecule has 44 heavy (non-hydrogen) atoms. The molecule has 0 unspecified atom stereocenters. The molecule has 0 radical (unpaired) electrons. The number of fused-ring (bicyclic) bond motifs is 1. The normalized spacial score (nSPS) is 16.7. The van der Waals surface area contributed by atoms with Gasteiger partial charge in [0, 0.05) is 68.8 Å². The maximum atomic E-state index is 13.0. The van der Waals surface area contributed by atoms with Crippen LogP contribution in [0.3, 0.4) is 0 Å². The molecule has 1 amide bonds. The highest BCUT2D eigenvalue weighted by molar-refractivity contribution is 7.98. The van der Waals surface area contributed by atoms with Crippen molar-refractivity contribution in [2.45, 2.75) is 17.5 Å². The van der Waals surface area contributed by atoms with Crippen LogP contribution in [0.1, 0.15) is 21.5 Å². The summed E-state index contributed by atoms with van der Waals surface area (Å²) in [6, 6.07) is 26.5. The smallest absolute Gasteiger partial charge is 0.254 e. The number of aromatic nitrogens is 2. The number of rotatable bonds is 8. The van der Waals surface area contributed by atoms with E-state index in [1.807, 2.05) is 47.4 Å². The van der Waals surface area contributed by atoms with Crippen molar-refractivity contribution in [1.29, 1.82) is 0 Å². The van der Waals surface area contributed by atoms with E-state index in [0.717, 1.165) is 72.0 Å². The molecule has 0 spiro atoms. The summed E-state index contributed by atoms with van der Waals surface area (Å²) in [5.74, 6) is 3.32. The van der Waals surface area contributed by atoms with Gasteiger partial charge in [0.25, 0.3) is 5.91 Å². The fourth-order valence-electron chi connectivity index (χ4n) is 5.72. The maximum absolute atomic E-state index is 13.0. The van der Waals surface area contributed by atoms with Gasteiger partial charge in [0.2, 0.25) is 6.79 Å². The first-order valence-electron chi connectivity index (χ1n) is 15.1. The second-order valence-electron chi connectivity index (χ2n) is 11.1. The number of carbonyl (C=O) groups excluding carboxylic acids is 1.